The quantitative estimate of drug-likeness (QED) is 0.0153. The molecule has 44 heteroatoms. The number of methoxy groups -OCH3 is 6. The van der Waals surface area contributed by atoms with Gasteiger partial charge in [0, 0.05) is 26.1 Å². The zero-order valence-electron chi connectivity index (χ0n) is 90.1. The van der Waals surface area contributed by atoms with E-state index in [2.05, 4.69) is 42.3 Å². The van der Waals surface area contributed by atoms with Gasteiger partial charge in [-0.3, -0.25) is 76.7 Å². The van der Waals surface area contributed by atoms with Crippen LogP contribution in [-0.4, -0.2) is 337 Å². The fraction of sp³-hybridized carbons (Fsp3) is 0.835. The largest absolute Gasteiger partial charge is 0.481 e. The van der Waals surface area contributed by atoms with Crippen LogP contribution in [0.5, 0.6) is 0 Å². The predicted octanol–water partition coefficient (Wildman–Crippen LogP) is 9.56. The Balaban J connectivity index is -0.000000169. The van der Waals surface area contributed by atoms with Crippen LogP contribution in [0.2, 0.25) is 0 Å². The fourth-order valence-corrected chi connectivity index (χ4v) is 7.94. The summed E-state index contributed by atoms with van der Waals surface area (Å²) in [6, 6.07) is 0. The molecule has 0 aliphatic carbocycles. The molecular weight excluding hydrogens is 1870 g/mol. The Morgan fingerprint density at radius 3 is 0.908 bits per heavy atom. The molecule has 0 spiro atoms. The smallest absolute Gasteiger partial charge is 0.314 e. The second-order valence-electron chi connectivity index (χ2n) is 35.3. The summed E-state index contributed by atoms with van der Waals surface area (Å²) in [6.07, 6.45) is 1.87. The number of aliphatic hydroxyl groups is 8. The number of esters is 12. The van der Waals surface area contributed by atoms with Gasteiger partial charge in [0.15, 0.2) is 0 Å². The van der Waals surface area contributed by atoms with Gasteiger partial charge in [-0.15, -0.1) is 0 Å². The summed E-state index contributed by atoms with van der Waals surface area (Å²) in [5.74, 6) is -11.5. The third kappa shape index (κ3) is 101. The molecule has 834 valence electrons. The maximum absolute atomic E-state index is 11.6. The molecule has 0 rings (SSSR count). The Bertz CT molecular complexity index is 3340. The van der Waals surface area contributed by atoms with E-state index in [1.165, 1.54) is 42.7 Å². The Morgan fingerprint density at radius 1 is 0.284 bits per heavy atom. The second kappa shape index (κ2) is 91.0. The monoisotopic (exact) mass is 2050 g/mol. The van der Waals surface area contributed by atoms with Crippen molar-refractivity contribution in [1.29, 1.82) is 0 Å². The number of hydrogen-bond donors (Lipinski definition) is 12. The first kappa shape index (κ1) is 152. The number of carbonyl (C=O) groups excluding carboxylic acids is 12. The van der Waals surface area contributed by atoms with Crippen LogP contribution < -0.4 is 0 Å². The summed E-state index contributed by atoms with van der Waals surface area (Å²) in [5, 5.41) is 106. The zero-order valence-corrected chi connectivity index (χ0v) is 90.1. The molecule has 0 heterocycles. The van der Waals surface area contributed by atoms with E-state index >= 15 is 0 Å². The van der Waals surface area contributed by atoms with Crippen LogP contribution in [0, 0.1) is 34.5 Å². The van der Waals surface area contributed by atoms with Gasteiger partial charge in [0.25, 0.3) is 0 Å². The summed E-state index contributed by atoms with van der Waals surface area (Å²) in [4.78, 5) is 173. The number of hydrogen-bond acceptors (Lipinski definition) is 40. The van der Waals surface area contributed by atoms with Gasteiger partial charge in [-0.2, -0.15) is 0 Å². The minimum Gasteiger partial charge on any atom is -0.481 e. The van der Waals surface area contributed by atoms with Crippen molar-refractivity contribution in [2.24, 2.45) is 34.5 Å². The highest BCUT2D eigenvalue weighted by Crippen LogP contribution is 2.24. The maximum Gasteiger partial charge on any atom is 0.314 e. The first-order valence-electron chi connectivity index (χ1n) is 47.4. The van der Waals surface area contributed by atoms with E-state index in [0.717, 1.165) is 38.5 Å². The molecular formula is C97H182O44. The van der Waals surface area contributed by atoms with Crippen molar-refractivity contribution in [2.75, 3.05) is 109 Å². The Morgan fingerprint density at radius 2 is 0.582 bits per heavy atom. The van der Waals surface area contributed by atoms with E-state index in [0.29, 0.717) is 70.7 Å². The lowest BCUT2D eigenvalue weighted by Gasteiger charge is -2.24. The summed E-state index contributed by atoms with van der Waals surface area (Å²) in [7, 11) is 7.85. The van der Waals surface area contributed by atoms with Crippen molar-refractivity contribution in [2.45, 2.75) is 386 Å². The van der Waals surface area contributed by atoms with Crippen molar-refractivity contribution in [1.82, 2.24) is 0 Å². The summed E-state index contributed by atoms with van der Waals surface area (Å²) in [5.41, 5.74) is -2.06. The van der Waals surface area contributed by atoms with Gasteiger partial charge < -0.3 is 137 Å². The summed E-state index contributed by atoms with van der Waals surface area (Å²) >= 11 is 0. The molecule has 0 saturated heterocycles. The number of aliphatic carboxylic acids is 4. The van der Waals surface area contributed by atoms with E-state index in [9.17, 15) is 92.0 Å². The van der Waals surface area contributed by atoms with Crippen LogP contribution in [0.15, 0.2) is 0 Å². The number of rotatable bonds is 60. The van der Waals surface area contributed by atoms with Crippen LogP contribution in [0.1, 0.15) is 314 Å². The highest BCUT2D eigenvalue weighted by molar-refractivity contribution is 5.79. The average Bonchev–Trinajstić information content (AvgIpc) is 0.872. The molecule has 0 radical (unpaired) electrons. The lowest BCUT2D eigenvalue weighted by atomic mass is 9.91. The summed E-state index contributed by atoms with van der Waals surface area (Å²) in [6.45, 7) is 47.0. The third-order valence-corrected chi connectivity index (χ3v) is 20.4. The SMILES string of the molecule is CCC(C)(C)C(=O)OCC(CO)C(=O)OC.CCC(C)(C)C(=O)OCC(O)CC(=O)O.CCC(C)(C)OC(=O)CC(O)CC(=O)O.CCC(C)(C)OCC(O)CC(=O)OC.CCC(C)(C)OCCCC(=O)OC.CCC(C)C(=O)OCC(CO)C(=O)OC.CCC(C)C(=O)OCC(O)CC(=O)O.CCC(C)OC(=O)CC(O)CC(=O)O.CCC(C)OCC(O)CC(=O)OC.CCC(C)OCCCC(=O)OC. The van der Waals surface area contributed by atoms with Crippen LogP contribution in [-0.2, 0) is 153 Å². The second-order valence-corrected chi connectivity index (χ2v) is 35.3. The zero-order chi connectivity index (χ0) is 112. The van der Waals surface area contributed by atoms with Crippen molar-refractivity contribution in [3.05, 3.63) is 0 Å². The lowest BCUT2D eigenvalue weighted by Crippen LogP contribution is -2.31. The molecule has 0 aromatic carbocycles. The number of carbonyl (C=O) groups is 16. The normalized spacial score (nSPS) is 13.6. The van der Waals surface area contributed by atoms with Crippen molar-refractivity contribution >= 4 is 95.5 Å². The molecule has 0 fully saturated rings. The molecule has 13 atom stereocenters. The van der Waals surface area contributed by atoms with Crippen molar-refractivity contribution < 1.29 is 214 Å². The van der Waals surface area contributed by atoms with E-state index in [-0.39, 0.29) is 131 Å². The average molecular weight is 2050 g/mol. The lowest BCUT2D eigenvalue weighted by molar-refractivity contribution is -0.161. The van der Waals surface area contributed by atoms with E-state index in [1.54, 1.807) is 62.3 Å². The minimum absolute atomic E-state index is 0.00701. The topological polar surface area (TPSA) is 664 Å². The first-order valence-corrected chi connectivity index (χ1v) is 47.4. The van der Waals surface area contributed by atoms with Gasteiger partial charge >= 0.3 is 95.5 Å². The van der Waals surface area contributed by atoms with E-state index in [1.807, 2.05) is 96.9 Å². The van der Waals surface area contributed by atoms with Gasteiger partial charge in [-0.25, -0.2) is 0 Å². The molecule has 0 bridgehead atoms. The standard InChI is InChI=1S/C11H20O5.3C10H18O5.C10H20O4.C10H20O3.2C9H16O5.C9H18O4.C9H18O3/c1-5-11(2,3)10(14)16-7-8(6-12)9(13)15-4;1-4-10(2,3)9(14)15-6-7(11)5-8(12)13;1-4-10(2,3)15-9(14)6-7(11)5-8(12)13;1-4-7(2)9(12)15-6-8(5-11)10(13)14-3;1-5-10(2,3)14-7-8(11)6-9(12)13-4;1-5-10(2,3)13-8-6-7-9(11)12-4;1-3-6(2)9(13)14-5-7(10)4-8(11)12;1-3-6(2)14-9(13)5-7(10)4-8(11)12;1-4-7(2)13-6-8(10)5-9(11)12-3;1-4-8(2)12-7-5-6-9(10)11-3/h8,12H,5-7H2,1-4H3;2*7,11H,4-6H2,1-3H3,(H,12,13);7-8,11H,4-6H2,1-3H3;8,11H,5-7H2,1-4H3;5-8H2,1-4H3;2*6-7,10H,3-5H2,1-2H3,(H,11,12);7-8,10H,4-6H2,1-3H3;8H,4-7H2,1-3H3. The maximum atomic E-state index is 11.6. The Hall–Kier alpha value is -8.96. The molecule has 13 unspecified atom stereocenters. The number of ether oxygens (including phenoxy) is 16. The number of carboxylic acids is 4. The Kier molecular flexibility index (Phi) is 98.3. The summed E-state index contributed by atoms with van der Waals surface area (Å²) < 4.78 is 77.6. The van der Waals surface area contributed by atoms with Gasteiger partial charge in [0.2, 0.25) is 0 Å². The third-order valence-electron chi connectivity index (χ3n) is 20.4. The van der Waals surface area contributed by atoms with E-state index < -0.39 is 169 Å². The highest BCUT2D eigenvalue weighted by atomic mass is 16.6. The molecule has 0 aliphatic rings. The van der Waals surface area contributed by atoms with Crippen LogP contribution in [0.4, 0.5) is 0 Å². The minimum atomic E-state index is -1.18. The molecule has 0 amide bonds. The van der Waals surface area contributed by atoms with Gasteiger partial charge in [-0.1, -0.05) is 83.1 Å². The number of carboxylic acid groups (broad SMARTS) is 4. The van der Waals surface area contributed by atoms with Gasteiger partial charge in [0.1, 0.15) is 43.9 Å². The van der Waals surface area contributed by atoms with Crippen molar-refractivity contribution in [3.63, 3.8) is 0 Å². The highest BCUT2D eigenvalue weighted by Gasteiger charge is 2.32. The number of aliphatic hydroxyl groups excluding tert-OH is 8. The van der Waals surface area contributed by atoms with Gasteiger partial charge in [0.05, 0.1) is 209 Å². The molecule has 141 heavy (non-hydrogen) atoms. The van der Waals surface area contributed by atoms with Crippen LogP contribution in [0.3, 0.4) is 0 Å². The van der Waals surface area contributed by atoms with Crippen LogP contribution in [0.25, 0.3) is 0 Å². The molecule has 44 nitrogen and oxygen atoms in total. The molecule has 0 saturated carbocycles. The molecule has 0 aromatic heterocycles. The van der Waals surface area contributed by atoms with Crippen LogP contribution >= 0.6 is 0 Å². The Labute approximate surface area is 835 Å². The molecule has 0 aliphatic heterocycles. The predicted molar refractivity (Wildman–Crippen MR) is 514 cm³/mol. The molecule has 12 N–H and O–H groups in total. The van der Waals surface area contributed by atoms with Gasteiger partial charge in [-0.05, 0) is 167 Å². The first-order chi connectivity index (χ1) is 65.1. The molecule has 0 aromatic rings. The fourth-order valence-electron chi connectivity index (χ4n) is 7.94. The van der Waals surface area contributed by atoms with E-state index in [4.69, 9.17) is 93.3 Å². The van der Waals surface area contributed by atoms with Crippen molar-refractivity contribution in [3.8, 4) is 0 Å².